The molecule has 0 aliphatic heterocycles. The molecule has 35 heavy (non-hydrogen) atoms. The number of benzene rings is 3. The molecule has 8 nitrogen and oxygen atoms in total. The van der Waals surface area contributed by atoms with Crippen LogP contribution in [0.5, 0.6) is 0 Å². The minimum Gasteiger partial charge on any atom is -0.465 e. The van der Waals surface area contributed by atoms with Crippen molar-refractivity contribution in [3.8, 4) is 22.5 Å². The van der Waals surface area contributed by atoms with Crippen molar-refractivity contribution in [3.05, 3.63) is 101 Å². The number of rotatable bonds is 6. The van der Waals surface area contributed by atoms with E-state index in [0.717, 1.165) is 16.8 Å². The summed E-state index contributed by atoms with van der Waals surface area (Å²) < 4.78 is 4.76. The van der Waals surface area contributed by atoms with Gasteiger partial charge in [-0.2, -0.15) is 0 Å². The first-order valence-electron chi connectivity index (χ1n) is 10.7. The van der Waals surface area contributed by atoms with Crippen LogP contribution in [0.25, 0.3) is 33.4 Å². The van der Waals surface area contributed by atoms with Gasteiger partial charge < -0.3 is 9.72 Å². The largest absolute Gasteiger partial charge is 0.465 e. The number of nitrogens with one attached hydrogen (secondary N) is 1. The Labute approximate surface area is 204 Å². The van der Waals surface area contributed by atoms with Crippen LogP contribution < -0.4 is 5.56 Å². The van der Waals surface area contributed by atoms with Crippen LogP contribution >= 0.6 is 11.8 Å². The minimum atomic E-state index is -0.490. The SMILES string of the molecule is COC(=O)c1ccc2c(=O)[nH]c(CSc3nnc(-c4ccccc4)c(-c4ccccc4)n3)nc2c1. The molecule has 172 valence electrons. The number of aromatic nitrogens is 5. The van der Waals surface area contributed by atoms with E-state index in [-0.39, 0.29) is 5.56 Å². The molecule has 5 rings (SSSR count). The second-order valence-corrected chi connectivity index (χ2v) is 8.49. The number of methoxy groups -OCH3 is 1. The van der Waals surface area contributed by atoms with Crippen molar-refractivity contribution in [1.29, 1.82) is 0 Å². The Kier molecular flexibility index (Phi) is 6.32. The monoisotopic (exact) mass is 481 g/mol. The number of carbonyl (C=O) groups excluding carboxylic acids is 1. The summed E-state index contributed by atoms with van der Waals surface area (Å²) >= 11 is 1.31. The quantitative estimate of drug-likeness (QED) is 0.278. The predicted octanol–water partition coefficient (Wildman–Crippen LogP) is 4.52. The van der Waals surface area contributed by atoms with E-state index in [2.05, 4.69) is 20.2 Å². The second kappa shape index (κ2) is 9.86. The molecule has 3 aromatic carbocycles. The standard InChI is InChI=1S/C26H19N5O3S/c1-34-25(33)18-12-13-19-20(14-18)27-21(28-24(19)32)15-35-26-29-22(16-8-4-2-5-9-16)23(30-31-26)17-10-6-3-7-11-17/h2-14H,15H2,1H3,(H,27,28,32). The van der Waals surface area contributed by atoms with Gasteiger partial charge in [-0.15, -0.1) is 10.2 Å². The van der Waals surface area contributed by atoms with Crippen LogP contribution in [0.4, 0.5) is 0 Å². The highest BCUT2D eigenvalue weighted by Crippen LogP contribution is 2.30. The normalized spacial score (nSPS) is 10.9. The lowest BCUT2D eigenvalue weighted by atomic mass is 10.0. The first-order valence-corrected chi connectivity index (χ1v) is 11.7. The van der Waals surface area contributed by atoms with E-state index in [4.69, 9.17) is 9.72 Å². The molecule has 0 unspecified atom stereocenters. The Hall–Kier alpha value is -4.37. The van der Waals surface area contributed by atoms with Crippen molar-refractivity contribution in [1.82, 2.24) is 25.1 Å². The van der Waals surface area contributed by atoms with E-state index in [9.17, 15) is 9.59 Å². The van der Waals surface area contributed by atoms with Gasteiger partial charge in [0.25, 0.3) is 5.56 Å². The number of thioether (sulfide) groups is 1. The highest BCUT2D eigenvalue weighted by molar-refractivity contribution is 7.98. The molecule has 1 N–H and O–H groups in total. The first-order chi connectivity index (χ1) is 17.1. The van der Waals surface area contributed by atoms with Gasteiger partial charge in [-0.3, -0.25) is 4.79 Å². The van der Waals surface area contributed by atoms with Crippen molar-refractivity contribution in [2.45, 2.75) is 10.9 Å². The van der Waals surface area contributed by atoms with Gasteiger partial charge in [-0.05, 0) is 18.2 Å². The smallest absolute Gasteiger partial charge is 0.337 e. The van der Waals surface area contributed by atoms with Crippen molar-refractivity contribution in [2.24, 2.45) is 0 Å². The number of hydrogen-bond acceptors (Lipinski definition) is 8. The maximum Gasteiger partial charge on any atom is 0.337 e. The summed E-state index contributed by atoms with van der Waals surface area (Å²) in [4.78, 5) is 36.5. The zero-order chi connectivity index (χ0) is 24.2. The van der Waals surface area contributed by atoms with Crippen LogP contribution in [0.3, 0.4) is 0 Å². The molecule has 0 radical (unpaired) electrons. The molecule has 9 heteroatoms. The molecule has 5 aromatic rings. The Morgan fingerprint density at radius 3 is 2.26 bits per heavy atom. The molecule has 2 heterocycles. The number of H-pyrrole nitrogens is 1. The van der Waals surface area contributed by atoms with Gasteiger partial charge in [0.2, 0.25) is 5.16 Å². The molecule has 0 aliphatic carbocycles. The first kappa shape index (κ1) is 22.4. The number of aromatic amines is 1. The fourth-order valence-corrected chi connectivity index (χ4v) is 4.25. The summed E-state index contributed by atoms with van der Waals surface area (Å²) in [6, 6.07) is 24.2. The maximum atomic E-state index is 12.5. The van der Waals surface area contributed by atoms with Crippen LogP contribution in [0, 0.1) is 0 Å². The number of carbonyl (C=O) groups is 1. The van der Waals surface area contributed by atoms with E-state index in [1.54, 1.807) is 18.2 Å². The number of hydrogen-bond donors (Lipinski definition) is 1. The van der Waals surface area contributed by atoms with Gasteiger partial charge in [0.1, 0.15) is 17.2 Å². The lowest BCUT2D eigenvalue weighted by molar-refractivity contribution is 0.0601. The van der Waals surface area contributed by atoms with E-state index >= 15 is 0 Å². The van der Waals surface area contributed by atoms with Crippen LogP contribution in [0.1, 0.15) is 16.2 Å². The molecule has 2 aromatic heterocycles. The number of ether oxygens (including phenoxy) is 1. The van der Waals surface area contributed by atoms with Crippen molar-refractivity contribution in [2.75, 3.05) is 7.11 Å². The summed E-state index contributed by atoms with van der Waals surface area (Å²) in [6.45, 7) is 0. The van der Waals surface area contributed by atoms with Crippen LogP contribution in [-0.4, -0.2) is 38.2 Å². The van der Waals surface area contributed by atoms with E-state index in [1.165, 1.54) is 18.9 Å². The van der Waals surface area contributed by atoms with Crippen LogP contribution in [0.2, 0.25) is 0 Å². The number of nitrogens with zero attached hydrogens (tertiary/aromatic N) is 4. The summed E-state index contributed by atoms with van der Waals surface area (Å²) in [5.74, 6) is 0.261. The van der Waals surface area contributed by atoms with Crippen LogP contribution in [-0.2, 0) is 10.5 Å². The van der Waals surface area contributed by atoms with Gasteiger partial charge in [0.15, 0.2) is 0 Å². The van der Waals surface area contributed by atoms with Gasteiger partial charge in [-0.1, -0.05) is 72.4 Å². The highest BCUT2D eigenvalue weighted by atomic mass is 32.2. The zero-order valence-corrected chi connectivity index (χ0v) is 19.5. The number of fused-ring (bicyclic) bond motifs is 1. The Balaban J connectivity index is 1.47. The summed E-state index contributed by atoms with van der Waals surface area (Å²) in [7, 11) is 1.31. The third-order valence-corrected chi connectivity index (χ3v) is 6.13. The van der Waals surface area contributed by atoms with E-state index < -0.39 is 5.97 Å². The van der Waals surface area contributed by atoms with E-state index in [0.29, 0.717) is 38.9 Å². The van der Waals surface area contributed by atoms with Gasteiger partial charge in [0.05, 0.1) is 29.3 Å². The minimum absolute atomic E-state index is 0.287. The Bertz CT molecular complexity index is 1570. The topological polar surface area (TPSA) is 111 Å². The average molecular weight is 482 g/mol. The lowest BCUT2D eigenvalue weighted by Gasteiger charge is -2.09. The maximum absolute atomic E-state index is 12.5. The Morgan fingerprint density at radius 2 is 1.57 bits per heavy atom. The summed E-state index contributed by atoms with van der Waals surface area (Å²) in [6.07, 6.45) is 0. The zero-order valence-electron chi connectivity index (χ0n) is 18.6. The molecule has 0 spiro atoms. The third kappa shape index (κ3) is 4.80. The van der Waals surface area contributed by atoms with Gasteiger partial charge >= 0.3 is 5.97 Å². The Morgan fingerprint density at radius 1 is 0.886 bits per heavy atom. The molecule has 0 saturated heterocycles. The average Bonchev–Trinajstić information content (AvgIpc) is 2.92. The van der Waals surface area contributed by atoms with Gasteiger partial charge in [-0.25, -0.2) is 14.8 Å². The second-order valence-electron chi connectivity index (χ2n) is 7.55. The molecule has 0 fully saturated rings. The fourth-order valence-electron chi connectivity index (χ4n) is 3.59. The summed E-state index contributed by atoms with van der Waals surface area (Å²) in [5.41, 5.74) is 3.71. The van der Waals surface area contributed by atoms with Gasteiger partial charge in [0, 0.05) is 11.1 Å². The molecular weight excluding hydrogens is 462 g/mol. The molecular formula is C26H19N5O3S. The molecule has 0 aliphatic rings. The summed E-state index contributed by atoms with van der Waals surface area (Å²) in [5, 5.41) is 9.62. The van der Waals surface area contributed by atoms with Crippen molar-refractivity contribution in [3.63, 3.8) is 0 Å². The third-order valence-electron chi connectivity index (χ3n) is 5.28. The lowest BCUT2D eigenvalue weighted by Crippen LogP contribution is -2.12. The molecule has 0 saturated carbocycles. The van der Waals surface area contributed by atoms with Crippen molar-refractivity contribution >= 4 is 28.6 Å². The molecule has 0 amide bonds. The van der Waals surface area contributed by atoms with Crippen LogP contribution in [0.15, 0.2) is 88.8 Å². The predicted molar refractivity (Wildman–Crippen MR) is 134 cm³/mol. The van der Waals surface area contributed by atoms with E-state index in [1.807, 2.05) is 60.7 Å². The molecule has 0 bridgehead atoms. The number of esters is 1. The fraction of sp³-hybridized carbons (Fsp3) is 0.0769. The van der Waals surface area contributed by atoms with Crippen molar-refractivity contribution < 1.29 is 9.53 Å². The highest BCUT2D eigenvalue weighted by Gasteiger charge is 2.15. The molecule has 0 atom stereocenters.